The van der Waals surface area contributed by atoms with E-state index in [4.69, 9.17) is 0 Å². The number of carbonyl (C=O) groups excluding carboxylic acids is 1. The molecule has 0 aliphatic carbocycles. The van der Waals surface area contributed by atoms with Crippen molar-refractivity contribution in [2.75, 3.05) is 18.4 Å². The fourth-order valence-electron chi connectivity index (χ4n) is 3.25. The van der Waals surface area contributed by atoms with Crippen LogP contribution in [0.15, 0.2) is 48.5 Å². The van der Waals surface area contributed by atoms with Crippen molar-refractivity contribution in [1.29, 1.82) is 0 Å². The molecule has 132 valence electrons. The second-order valence-corrected chi connectivity index (χ2v) is 6.90. The first kappa shape index (κ1) is 17.5. The fourth-order valence-corrected chi connectivity index (χ4v) is 3.25. The average Bonchev–Trinajstić information content (AvgIpc) is 2.62. The Bertz CT molecular complexity index is 727. The van der Waals surface area contributed by atoms with Crippen molar-refractivity contribution in [1.82, 2.24) is 4.90 Å². The largest absolute Gasteiger partial charge is 0.391 e. The summed E-state index contributed by atoms with van der Waals surface area (Å²) in [4.78, 5) is 14.4. The summed E-state index contributed by atoms with van der Waals surface area (Å²) in [7, 11) is 0. The number of hydrogen-bond donors (Lipinski definition) is 2. The zero-order chi connectivity index (χ0) is 17.8. The Balaban J connectivity index is 1.70. The molecule has 2 aromatic rings. The number of likely N-dealkylation sites (tertiary alicyclic amines) is 1. The van der Waals surface area contributed by atoms with Crippen molar-refractivity contribution in [3.8, 4) is 0 Å². The van der Waals surface area contributed by atoms with Crippen LogP contribution in [0.1, 0.15) is 47.3 Å². The number of rotatable bonds is 4. The summed E-state index contributed by atoms with van der Waals surface area (Å²) in [6.07, 6.45) is 1.23. The van der Waals surface area contributed by atoms with Crippen molar-refractivity contribution in [3.63, 3.8) is 0 Å². The highest BCUT2D eigenvalue weighted by Gasteiger charge is 2.23. The lowest BCUT2D eigenvalue weighted by atomic mass is 10.0. The molecule has 0 radical (unpaired) electrons. The third-order valence-corrected chi connectivity index (χ3v) is 4.75. The molecular weight excluding hydrogens is 312 g/mol. The van der Waals surface area contributed by atoms with Gasteiger partial charge in [0.2, 0.25) is 0 Å². The van der Waals surface area contributed by atoms with Crippen LogP contribution in [0, 0.1) is 6.92 Å². The van der Waals surface area contributed by atoms with Gasteiger partial charge in [-0.15, -0.1) is 0 Å². The van der Waals surface area contributed by atoms with Crippen LogP contribution >= 0.6 is 0 Å². The van der Waals surface area contributed by atoms with Gasteiger partial charge < -0.3 is 15.3 Å². The number of nitrogens with zero attached hydrogens (tertiary/aromatic N) is 1. The molecule has 0 saturated carbocycles. The Morgan fingerprint density at radius 1 is 1.24 bits per heavy atom. The number of aliphatic hydroxyl groups excluding tert-OH is 1. The van der Waals surface area contributed by atoms with Crippen molar-refractivity contribution < 1.29 is 9.90 Å². The van der Waals surface area contributed by atoms with Crippen molar-refractivity contribution in [3.05, 3.63) is 65.2 Å². The predicted octanol–water partition coefficient (Wildman–Crippen LogP) is 3.77. The van der Waals surface area contributed by atoms with Gasteiger partial charge in [-0.05, 0) is 50.5 Å². The maximum Gasteiger partial charge on any atom is 0.254 e. The van der Waals surface area contributed by atoms with E-state index < -0.39 is 6.10 Å². The molecule has 2 atom stereocenters. The maximum atomic E-state index is 12.7. The summed E-state index contributed by atoms with van der Waals surface area (Å²) in [5.41, 5.74) is 4.04. The number of amides is 1. The Labute approximate surface area is 149 Å². The standard InChI is InChI=1S/C21H26N2O2/c1-15-8-10-17(11-9-15)16(2)22-19-6-3-5-18(13-19)21(25)23-12-4-7-20(24)14-23/h3,5-6,8-11,13,16,20,22,24H,4,7,12,14H2,1-2H3. The first-order valence-corrected chi connectivity index (χ1v) is 8.93. The first-order valence-electron chi connectivity index (χ1n) is 8.93. The summed E-state index contributed by atoms with van der Waals surface area (Å²) in [5.74, 6) is -0.00890. The molecule has 1 amide bonds. The molecule has 0 aromatic heterocycles. The van der Waals surface area contributed by atoms with Crippen molar-refractivity contribution >= 4 is 11.6 Å². The Morgan fingerprint density at radius 2 is 2.00 bits per heavy atom. The van der Waals surface area contributed by atoms with Gasteiger partial charge in [0.15, 0.2) is 0 Å². The van der Waals surface area contributed by atoms with Gasteiger partial charge in [-0.1, -0.05) is 35.9 Å². The second-order valence-electron chi connectivity index (χ2n) is 6.90. The first-order chi connectivity index (χ1) is 12.0. The average molecular weight is 338 g/mol. The van der Waals surface area contributed by atoms with Crippen LogP contribution in [0.5, 0.6) is 0 Å². The Morgan fingerprint density at radius 3 is 2.72 bits per heavy atom. The summed E-state index contributed by atoms with van der Waals surface area (Å²) in [5, 5.41) is 13.3. The molecule has 0 bridgehead atoms. The van der Waals surface area contributed by atoms with Gasteiger partial charge in [-0.2, -0.15) is 0 Å². The summed E-state index contributed by atoms with van der Waals surface area (Å²) in [6.45, 7) is 5.33. The molecule has 25 heavy (non-hydrogen) atoms. The van der Waals surface area contributed by atoms with Gasteiger partial charge in [0.05, 0.1) is 6.10 Å². The van der Waals surface area contributed by atoms with E-state index in [0.29, 0.717) is 18.7 Å². The van der Waals surface area contributed by atoms with Crippen LogP contribution in [0.2, 0.25) is 0 Å². The molecule has 4 heteroatoms. The number of β-amino-alcohol motifs (C(OH)–C–C–N with tert-alkyl or cyclic N) is 1. The minimum Gasteiger partial charge on any atom is -0.391 e. The molecule has 1 aliphatic heterocycles. The highest BCUT2D eigenvalue weighted by molar-refractivity contribution is 5.95. The van der Waals surface area contributed by atoms with Crippen LogP contribution in [0.3, 0.4) is 0 Å². The van der Waals surface area contributed by atoms with Crippen LogP contribution < -0.4 is 5.32 Å². The Kier molecular flexibility index (Phi) is 5.39. The second kappa shape index (κ2) is 7.70. The molecule has 1 saturated heterocycles. The fraction of sp³-hybridized carbons (Fsp3) is 0.381. The van der Waals surface area contributed by atoms with Crippen molar-refractivity contribution in [2.45, 2.75) is 38.8 Å². The summed E-state index contributed by atoms with van der Waals surface area (Å²) >= 11 is 0. The zero-order valence-electron chi connectivity index (χ0n) is 14.9. The molecular formula is C21H26N2O2. The van der Waals surface area contributed by atoms with E-state index in [-0.39, 0.29) is 11.9 Å². The molecule has 2 N–H and O–H groups in total. The number of aryl methyl sites for hydroxylation is 1. The van der Waals surface area contributed by atoms with Crippen molar-refractivity contribution in [2.24, 2.45) is 0 Å². The van der Waals surface area contributed by atoms with E-state index in [1.165, 1.54) is 11.1 Å². The quantitative estimate of drug-likeness (QED) is 0.892. The number of carbonyl (C=O) groups is 1. The van der Waals surface area contributed by atoms with Crippen LogP contribution in [0.4, 0.5) is 5.69 Å². The van der Waals surface area contributed by atoms with Gasteiger partial charge >= 0.3 is 0 Å². The molecule has 2 unspecified atom stereocenters. The van der Waals surface area contributed by atoms with E-state index in [0.717, 1.165) is 18.5 Å². The SMILES string of the molecule is Cc1ccc(C(C)Nc2cccc(C(=O)N3CCCC(O)C3)c2)cc1. The highest BCUT2D eigenvalue weighted by Crippen LogP contribution is 2.22. The smallest absolute Gasteiger partial charge is 0.254 e. The minimum absolute atomic E-state index is 0.00890. The number of anilines is 1. The summed E-state index contributed by atoms with van der Waals surface area (Å²) in [6, 6.07) is 16.2. The molecule has 1 heterocycles. The van der Waals surface area contributed by atoms with E-state index in [1.54, 1.807) is 4.90 Å². The number of piperidine rings is 1. The van der Waals surface area contributed by atoms with Gasteiger partial charge in [-0.25, -0.2) is 0 Å². The molecule has 0 spiro atoms. The van der Waals surface area contributed by atoms with Gasteiger partial charge in [-0.3, -0.25) is 4.79 Å². The van der Waals surface area contributed by atoms with Gasteiger partial charge in [0, 0.05) is 30.4 Å². The van der Waals surface area contributed by atoms with Crippen LogP contribution in [-0.2, 0) is 0 Å². The van der Waals surface area contributed by atoms with Crippen LogP contribution in [0.25, 0.3) is 0 Å². The Hall–Kier alpha value is -2.33. The van der Waals surface area contributed by atoms with E-state index in [1.807, 2.05) is 24.3 Å². The molecule has 1 fully saturated rings. The van der Waals surface area contributed by atoms with Crippen LogP contribution in [-0.4, -0.2) is 35.1 Å². The monoisotopic (exact) mass is 338 g/mol. The third kappa shape index (κ3) is 4.40. The highest BCUT2D eigenvalue weighted by atomic mass is 16.3. The maximum absolute atomic E-state index is 12.7. The summed E-state index contributed by atoms with van der Waals surface area (Å²) < 4.78 is 0. The number of hydrogen-bond acceptors (Lipinski definition) is 3. The number of nitrogens with one attached hydrogen (secondary N) is 1. The van der Waals surface area contributed by atoms with E-state index in [9.17, 15) is 9.90 Å². The molecule has 1 aliphatic rings. The molecule has 3 rings (SSSR count). The van der Waals surface area contributed by atoms with E-state index in [2.05, 4.69) is 43.4 Å². The lowest BCUT2D eigenvalue weighted by Gasteiger charge is -2.30. The van der Waals surface area contributed by atoms with Gasteiger partial charge in [0.25, 0.3) is 5.91 Å². The number of benzene rings is 2. The lowest BCUT2D eigenvalue weighted by molar-refractivity contribution is 0.0474. The predicted molar refractivity (Wildman–Crippen MR) is 101 cm³/mol. The zero-order valence-corrected chi connectivity index (χ0v) is 14.9. The molecule has 4 nitrogen and oxygen atoms in total. The minimum atomic E-state index is -0.402. The lowest BCUT2D eigenvalue weighted by Crippen LogP contribution is -2.42. The number of aliphatic hydroxyl groups is 1. The van der Waals surface area contributed by atoms with Gasteiger partial charge in [0.1, 0.15) is 0 Å². The normalized spacial score (nSPS) is 18.7. The van der Waals surface area contributed by atoms with E-state index >= 15 is 0 Å². The topological polar surface area (TPSA) is 52.6 Å². The molecule has 2 aromatic carbocycles. The third-order valence-electron chi connectivity index (χ3n) is 4.75.